The van der Waals surface area contributed by atoms with Crippen LogP contribution in [0.25, 0.3) is 0 Å². The lowest BCUT2D eigenvalue weighted by molar-refractivity contribution is 0.167. The molecule has 1 aliphatic rings. The Bertz CT molecular complexity index is 389. The fourth-order valence-electron chi connectivity index (χ4n) is 2.77. The van der Waals surface area contributed by atoms with Crippen molar-refractivity contribution in [1.29, 1.82) is 0 Å². The number of nitrogen functional groups attached to an aromatic ring is 1. The molecule has 3 N–H and O–H groups in total. The average molecular weight is 252 g/mol. The number of piperidine rings is 1. The van der Waals surface area contributed by atoms with E-state index in [4.69, 9.17) is 5.73 Å². The number of aliphatic hydroxyl groups is 1. The first-order valence-electron chi connectivity index (χ1n) is 6.58. The quantitative estimate of drug-likeness (QED) is 0.813. The van der Waals surface area contributed by atoms with E-state index in [1.165, 1.54) is 6.07 Å². The molecule has 0 radical (unpaired) electrons. The number of aliphatic hydroxyl groups excluding tert-OH is 1. The molecule has 1 heterocycles. The largest absolute Gasteiger partial charge is 0.397 e. The monoisotopic (exact) mass is 252 g/mol. The maximum Gasteiger partial charge on any atom is 0.148 e. The van der Waals surface area contributed by atoms with Gasteiger partial charge in [-0.2, -0.15) is 0 Å². The number of nitrogens with zero attached hydrogens (tertiary/aromatic N) is 1. The van der Waals surface area contributed by atoms with Crippen molar-refractivity contribution in [2.24, 2.45) is 0 Å². The smallest absolute Gasteiger partial charge is 0.148 e. The van der Waals surface area contributed by atoms with Crippen molar-refractivity contribution in [1.82, 2.24) is 0 Å². The normalized spacial score (nSPS) is 21.9. The minimum absolute atomic E-state index is 0.179. The molecule has 0 aromatic heterocycles. The summed E-state index contributed by atoms with van der Waals surface area (Å²) in [4.78, 5) is 2.03. The van der Waals surface area contributed by atoms with Crippen LogP contribution in [0.5, 0.6) is 0 Å². The van der Waals surface area contributed by atoms with Crippen LogP contribution in [0.3, 0.4) is 0 Å². The van der Waals surface area contributed by atoms with Crippen LogP contribution in [0.4, 0.5) is 15.8 Å². The van der Waals surface area contributed by atoms with Crippen LogP contribution in [0.2, 0.25) is 0 Å². The summed E-state index contributed by atoms with van der Waals surface area (Å²) < 4.78 is 14.0. The van der Waals surface area contributed by atoms with Crippen molar-refractivity contribution >= 4 is 11.4 Å². The highest BCUT2D eigenvalue weighted by molar-refractivity contribution is 5.68. The van der Waals surface area contributed by atoms with Gasteiger partial charge in [0, 0.05) is 12.6 Å². The van der Waals surface area contributed by atoms with E-state index in [0.717, 1.165) is 25.8 Å². The van der Waals surface area contributed by atoms with E-state index < -0.39 is 0 Å². The van der Waals surface area contributed by atoms with Gasteiger partial charge < -0.3 is 15.7 Å². The summed E-state index contributed by atoms with van der Waals surface area (Å²) in [6, 6.07) is 4.98. The molecular weight excluding hydrogens is 231 g/mol. The van der Waals surface area contributed by atoms with E-state index in [0.29, 0.717) is 17.8 Å². The van der Waals surface area contributed by atoms with E-state index in [1.54, 1.807) is 19.1 Å². The highest BCUT2D eigenvalue weighted by atomic mass is 19.1. The molecule has 0 saturated carbocycles. The van der Waals surface area contributed by atoms with E-state index in [1.807, 2.05) is 4.90 Å². The van der Waals surface area contributed by atoms with Crippen molar-refractivity contribution in [3.8, 4) is 0 Å². The number of benzene rings is 1. The van der Waals surface area contributed by atoms with Crippen LogP contribution in [-0.4, -0.2) is 23.8 Å². The Balaban J connectivity index is 2.28. The van der Waals surface area contributed by atoms with Gasteiger partial charge in [0.15, 0.2) is 0 Å². The highest BCUT2D eigenvalue weighted by Gasteiger charge is 2.27. The summed E-state index contributed by atoms with van der Waals surface area (Å²) in [5, 5.41) is 9.56. The maximum atomic E-state index is 14.0. The third kappa shape index (κ3) is 2.75. The summed E-state index contributed by atoms with van der Waals surface area (Å²) in [6.07, 6.45) is 3.45. The summed E-state index contributed by atoms with van der Waals surface area (Å²) in [5.41, 5.74) is 6.88. The Morgan fingerprint density at radius 2 is 2.28 bits per heavy atom. The number of hydrogen-bond donors (Lipinski definition) is 2. The second-order valence-corrected chi connectivity index (χ2v) is 5.11. The van der Waals surface area contributed by atoms with Crippen LogP contribution in [0.1, 0.15) is 32.6 Å². The summed E-state index contributed by atoms with van der Waals surface area (Å²) in [6.45, 7) is 2.58. The third-order valence-electron chi connectivity index (χ3n) is 3.55. The summed E-state index contributed by atoms with van der Waals surface area (Å²) in [7, 11) is 0. The van der Waals surface area contributed by atoms with Crippen molar-refractivity contribution in [3.05, 3.63) is 24.0 Å². The second-order valence-electron chi connectivity index (χ2n) is 5.11. The molecule has 0 amide bonds. The van der Waals surface area contributed by atoms with Gasteiger partial charge in [-0.05, 0) is 44.7 Å². The second kappa shape index (κ2) is 5.57. The molecule has 1 aromatic rings. The Kier molecular flexibility index (Phi) is 4.07. The van der Waals surface area contributed by atoms with E-state index in [-0.39, 0.29) is 18.0 Å². The molecule has 2 unspecified atom stereocenters. The zero-order valence-electron chi connectivity index (χ0n) is 10.8. The molecule has 3 nitrogen and oxygen atoms in total. The highest BCUT2D eigenvalue weighted by Crippen LogP contribution is 2.33. The first-order chi connectivity index (χ1) is 8.59. The molecule has 0 spiro atoms. The van der Waals surface area contributed by atoms with Crippen molar-refractivity contribution in [2.45, 2.75) is 44.8 Å². The first kappa shape index (κ1) is 13.1. The number of anilines is 2. The minimum atomic E-state index is -0.372. The number of hydrogen-bond acceptors (Lipinski definition) is 3. The lowest BCUT2D eigenvalue weighted by atomic mass is 9.96. The van der Waals surface area contributed by atoms with Crippen LogP contribution < -0.4 is 10.6 Å². The van der Waals surface area contributed by atoms with E-state index >= 15 is 0 Å². The number of halogens is 1. The topological polar surface area (TPSA) is 49.5 Å². The molecule has 0 bridgehead atoms. The predicted molar refractivity (Wildman–Crippen MR) is 72.1 cm³/mol. The Morgan fingerprint density at radius 3 is 2.94 bits per heavy atom. The molecule has 1 aliphatic heterocycles. The molecule has 2 rings (SSSR count). The Labute approximate surface area is 107 Å². The molecule has 100 valence electrons. The SMILES string of the molecule is CC(O)CC1CCCCN1c1c(N)cccc1F. The molecule has 18 heavy (non-hydrogen) atoms. The van der Waals surface area contributed by atoms with Crippen LogP contribution in [0.15, 0.2) is 18.2 Å². The lowest BCUT2D eigenvalue weighted by Gasteiger charge is -2.39. The van der Waals surface area contributed by atoms with Crippen LogP contribution in [-0.2, 0) is 0 Å². The molecule has 4 heteroatoms. The zero-order valence-corrected chi connectivity index (χ0v) is 10.8. The molecule has 2 atom stereocenters. The molecular formula is C14H21FN2O. The van der Waals surface area contributed by atoms with E-state index in [9.17, 15) is 9.50 Å². The zero-order chi connectivity index (χ0) is 13.1. The number of para-hydroxylation sites is 1. The summed E-state index contributed by atoms with van der Waals surface area (Å²) >= 11 is 0. The Morgan fingerprint density at radius 1 is 1.50 bits per heavy atom. The molecule has 1 fully saturated rings. The van der Waals surface area contributed by atoms with Gasteiger partial charge >= 0.3 is 0 Å². The van der Waals surface area contributed by atoms with Crippen LogP contribution >= 0.6 is 0 Å². The molecule has 1 saturated heterocycles. The van der Waals surface area contributed by atoms with Gasteiger partial charge in [0.05, 0.1) is 17.5 Å². The van der Waals surface area contributed by atoms with Crippen molar-refractivity contribution < 1.29 is 9.50 Å². The van der Waals surface area contributed by atoms with Gasteiger partial charge in [0.2, 0.25) is 0 Å². The predicted octanol–water partition coefficient (Wildman–Crippen LogP) is 2.54. The standard InChI is InChI=1S/C14H21FN2O/c1-10(18)9-11-5-2-3-8-17(11)14-12(15)6-4-7-13(14)16/h4,6-7,10-11,18H,2-3,5,8-9,16H2,1H3. The number of nitrogens with two attached hydrogens (primary N) is 1. The van der Waals surface area contributed by atoms with Crippen molar-refractivity contribution in [3.63, 3.8) is 0 Å². The van der Waals surface area contributed by atoms with Gasteiger partial charge in [-0.25, -0.2) is 4.39 Å². The van der Waals surface area contributed by atoms with Crippen molar-refractivity contribution in [2.75, 3.05) is 17.2 Å². The molecule has 0 aliphatic carbocycles. The first-order valence-corrected chi connectivity index (χ1v) is 6.58. The maximum absolute atomic E-state index is 14.0. The van der Waals surface area contributed by atoms with Gasteiger partial charge in [-0.15, -0.1) is 0 Å². The molecule has 1 aromatic carbocycles. The minimum Gasteiger partial charge on any atom is -0.397 e. The third-order valence-corrected chi connectivity index (χ3v) is 3.55. The van der Waals surface area contributed by atoms with E-state index in [2.05, 4.69) is 0 Å². The number of rotatable bonds is 3. The van der Waals surface area contributed by atoms with Gasteiger partial charge in [-0.1, -0.05) is 6.07 Å². The van der Waals surface area contributed by atoms with Crippen LogP contribution in [0, 0.1) is 5.82 Å². The average Bonchev–Trinajstić information content (AvgIpc) is 2.30. The fourth-order valence-corrected chi connectivity index (χ4v) is 2.77. The van der Waals surface area contributed by atoms with Gasteiger partial charge in [0.25, 0.3) is 0 Å². The van der Waals surface area contributed by atoms with Gasteiger partial charge in [0.1, 0.15) is 5.82 Å². The van der Waals surface area contributed by atoms with Gasteiger partial charge in [-0.3, -0.25) is 0 Å². The fraction of sp³-hybridized carbons (Fsp3) is 0.571. The summed E-state index contributed by atoms with van der Waals surface area (Å²) in [5.74, 6) is -0.271. The lowest BCUT2D eigenvalue weighted by Crippen LogP contribution is -2.42. The Hall–Kier alpha value is -1.29.